The lowest BCUT2D eigenvalue weighted by Gasteiger charge is -2.04. The van der Waals surface area contributed by atoms with Crippen molar-refractivity contribution in [2.75, 3.05) is 0 Å². The number of nitrogens with one attached hydrogen (secondary N) is 1. The molecule has 0 bridgehead atoms. The minimum Gasteiger partial charge on any atom is -0.475 e. The van der Waals surface area contributed by atoms with Gasteiger partial charge in [0, 0.05) is 0 Å². The summed E-state index contributed by atoms with van der Waals surface area (Å²) in [4.78, 5) is 26.3. The second-order valence-corrected chi connectivity index (χ2v) is 3.22. The van der Waals surface area contributed by atoms with Gasteiger partial charge in [0.05, 0.1) is 18.6 Å². The van der Waals surface area contributed by atoms with Gasteiger partial charge in [0.25, 0.3) is 0 Å². The summed E-state index contributed by atoms with van der Waals surface area (Å²) in [5.74, 6) is -3.12. The maximum absolute atomic E-state index is 11.0. The van der Waals surface area contributed by atoms with Crippen LogP contribution in [-0.4, -0.2) is 39.3 Å². The molecule has 9 heteroatoms. The van der Waals surface area contributed by atoms with Crippen LogP contribution in [0.25, 0.3) is 0 Å². The maximum atomic E-state index is 11.0. The summed E-state index contributed by atoms with van der Waals surface area (Å²) < 4.78 is 36.6. The lowest BCUT2D eigenvalue weighted by atomic mass is 10.4. The first-order chi connectivity index (χ1) is 8.14. The molecule has 1 aromatic rings. The number of hydrogen-bond donors (Lipinski definition) is 2. The highest BCUT2D eigenvalue weighted by Crippen LogP contribution is 2.13. The largest absolute Gasteiger partial charge is 0.490 e. The molecular weight excluding hydrogens is 257 g/mol. The molecule has 1 aromatic heterocycles. The first-order valence-electron chi connectivity index (χ1n) is 4.64. The second-order valence-electron chi connectivity index (χ2n) is 3.22. The summed E-state index contributed by atoms with van der Waals surface area (Å²) in [5.41, 5.74) is 0.388. The number of carbonyl (C=O) groups excluding carboxylic acids is 1. The molecule has 1 heterocycles. The standard InChI is InChI=1S/C7H10N2O2.C2HF3O2/c1-5(2)11-7(10)6-3-8-4-9-6;3-2(4,5)1(6)7/h3-5H,1-2H3,(H,8,9);(H,6,7). The highest BCUT2D eigenvalue weighted by atomic mass is 19.4. The zero-order valence-corrected chi connectivity index (χ0v) is 9.49. The van der Waals surface area contributed by atoms with Crippen LogP contribution in [0.15, 0.2) is 12.5 Å². The van der Waals surface area contributed by atoms with E-state index >= 15 is 0 Å². The number of rotatable bonds is 2. The van der Waals surface area contributed by atoms with Crippen LogP contribution in [0.5, 0.6) is 0 Å². The Hall–Kier alpha value is -2.06. The molecule has 0 aliphatic heterocycles. The minimum atomic E-state index is -5.08. The molecule has 0 spiro atoms. The molecule has 6 nitrogen and oxygen atoms in total. The van der Waals surface area contributed by atoms with Crippen molar-refractivity contribution in [1.82, 2.24) is 9.97 Å². The van der Waals surface area contributed by atoms with Gasteiger partial charge in [-0.15, -0.1) is 0 Å². The van der Waals surface area contributed by atoms with E-state index in [0.29, 0.717) is 5.69 Å². The summed E-state index contributed by atoms with van der Waals surface area (Å²) in [5, 5.41) is 7.12. The zero-order chi connectivity index (χ0) is 14.3. The number of carboxylic acid groups (broad SMARTS) is 1. The number of halogens is 3. The number of aliphatic carboxylic acids is 1. The van der Waals surface area contributed by atoms with Gasteiger partial charge in [-0.25, -0.2) is 14.6 Å². The van der Waals surface area contributed by atoms with Crippen molar-refractivity contribution in [1.29, 1.82) is 0 Å². The Labute approximate surface area is 99.8 Å². The summed E-state index contributed by atoms with van der Waals surface area (Å²) >= 11 is 0. The van der Waals surface area contributed by atoms with Gasteiger partial charge >= 0.3 is 18.1 Å². The number of carbonyl (C=O) groups is 2. The molecule has 0 fully saturated rings. The van der Waals surface area contributed by atoms with Crippen molar-refractivity contribution in [3.63, 3.8) is 0 Å². The molecule has 102 valence electrons. The van der Waals surface area contributed by atoms with Crippen LogP contribution in [0.1, 0.15) is 24.3 Å². The van der Waals surface area contributed by atoms with Crippen LogP contribution in [0, 0.1) is 0 Å². The van der Waals surface area contributed by atoms with Crippen LogP contribution in [-0.2, 0) is 9.53 Å². The monoisotopic (exact) mass is 268 g/mol. The Morgan fingerprint density at radius 2 is 1.94 bits per heavy atom. The molecule has 0 saturated heterocycles. The van der Waals surface area contributed by atoms with Gasteiger partial charge in [0.2, 0.25) is 0 Å². The van der Waals surface area contributed by atoms with E-state index in [1.807, 2.05) is 0 Å². The van der Waals surface area contributed by atoms with Crippen molar-refractivity contribution in [3.05, 3.63) is 18.2 Å². The quantitative estimate of drug-likeness (QED) is 0.795. The van der Waals surface area contributed by atoms with Crippen molar-refractivity contribution >= 4 is 11.9 Å². The number of H-pyrrole nitrogens is 1. The van der Waals surface area contributed by atoms with E-state index in [1.165, 1.54) is 12.5 Å². The van der Waals surface area contributed by atoms with Gasteiger partial charge in [-0.1, -0.05) is 0 Å². The van der Waals surface area contributed by atoms with Crippen molar-refractivity contribution in [2.24, 2.45) is 0 Å². The van der Waals surface area contributed by atoms with Gasteiger partial charge in [-0.3, -0.25) is 0 Å². The SMILES string of the molecule is CC(C)OC(=O)c1cnc[nH]1.O=C(O)C(F)(F)F. The molecule has 0 amide bonds. The average Bonchev–Trinajstić information content (AvgIpc) is 2.68. The third-order valence-electron chi connectivity index (χ3n) is 1.30. The fraction of sp³-hybridized carbons (Fsp3) is 0.444. The summed E-state index contributed by atoms with van der Waals surface area (Å²) in [6, 6.07) is 0. The molecule has 0 aliphatic carbocycles. The smallest absolute Gasteiger partial charge is 0.475 e. The van der Waals surface area contributed by atoms with Gasteiger partial charge < -0.3 is 14.8 Å². The molecule has 0 aliphatic rings. The van der Waals surface area contributed by atoms with Crippen molar-refractivity contribution in [3.8, 4) is 0 Å². The van der Waals surface area contributed by atoms with E-state index in [1.54, 1.807) is 13.8 Å². The Bertz CT molecular complexity index is 387. The Kier molecular flexibility index (Phi) is 5.86. The van der Waals surface area contributed by atoms with E-state index in [9.17, 15) is 18.0 Å². The van der Waals surface area contributed by atoms with Gasteiger partial charge in [-0.05, 0) is 13.8 Å². The molecule has 1 rings (SSSR count). The molecular formula is C9H11F3N2O4. The third-order valence-corrected chi connectivity index (χ3v) is 1.30. The predicted octanol–water partition coefficient (Wildman–Crippen LogP) is 1.61. The Morgan fingerprint density at radius 1 is 1.44 bits per heavy atom. The van der Waals surface area contributed by atoms with Gasteiger partial charge in [0.15, 0.2) is 0 Å². The summed E-state index contributed by atoms with van der Waals surface area (Å²) in [7, 11) is 0. The number of ether oxygens (including phenoxy) is 1. The fourth-order valence-electron chi connectivity index (χ4n) is 0.645. The van der Waals surface area contributed by atoms with Gasteiger partial charge in [-0.2, -0.15) is 13.2 Å². The molecule has 0 saturated carbocycles. The fourth-order valence-corrected chi connectivity index (χ4v) is 0.645. The lowest BCUT2D eigenvalue weighted by Crippen LogP contribution is -2.21. The van der Waals surface area contributed by atoms with Crippen LogP contribution >= 0.6 is 0 Å². The number of carboxylic acids is 1. The highest BCUT2D eigenvalue weighted by molar-refractivity contribution is 5.86. The lowest BCUT2D eigenvalue weighted by molar-refractivity contribution is -0.192. The molecule has 2 N–H and O–H groups in total. The first-order valence-corrected chi connectivity index (χ1v) is 4.64. The van der Waals surface area contributed by atoms with E-state index in [0.717, 1.165) is 0 Å². The molecule has 0 atom stereocenters. The van der Waals surface area contributed by atoms with E-state index < -0.39 is 12.1 Å². The Morgan fingerprint density at radius 3 is 2.22 bits per heavy atom. The first kappa shape index (κ1) is 15.9. The minimum absolute atomic E-state index is 0.0919. The zero-order valence-electron chi connectivity index (χ0n) is 9.49. The molecule has 0 radical (unpaired) electrons. The second kappa shape index (κ2) is 6.62. The van der Waals surface area contributed by atoms with Gasteiger partial charge in [0.1, 0.15) is 5.69 Å². The molecule has 18 heavy (non-hydrogen) atoms. The number of aromatic amines is 1. The number of esters is 1. The van der Waals surface area contributed by atoms with Crippen LogP contribution < -0.4 is 0 Å². The normalized spacial score (nSPS) is 10.6. The maximum Gasteiger partial charge on any atom is 0.490 e. The Balaban J connectivity index is 0.000000360. The number of imidazole rings is 1. The van der Waals surface area contributed by atoms with E-state index in [2.05, 4.69) is 9.97 Å². The number of alkyl halides is 3. The molecule has 0 unspecified atom stereocenters. The average molecular weight is 268 g/mol. The highest BCUT2D eigenvalue weighted by Gasteiger charge is 2.38. The van der Waals surface area contributed by atoms with Crippen molar-refractivity contribution < 1.29 is 32.6 Å². The predicted molar refractivity (Wildman–Crippen MR) is 52.8 cm³/mol. The number of aromatic nitrogens is 2. The van der Waals surface area contributed by atoms with Crippen LogP contribution in [0.3, 0.4) is 0 Å². The third kappa shape index (κ3) is 6.51. The van der Waals surface area contributed by atoms with Crippen molar-refractivity contribution in [2.45, 2.75) is 26.1 Å². The summed E-state index contributed by atoms with van der Waals surface area (Å²) in [6.45, 7) is 3.60. The summed E-state index contributed by atoms with van der Waals surface area (Å²) in [6.07, 6.45) is -2.30. The number of hydrogen-bond acceptors (Lipinski definition) is 4. The van der Waals surface area contributed by atoms with E-state index in [-0.39, 0.29) is 12.1 Å². The number of nitrogens with zero attached hydrogens (tertiary/aromatic N) is 1. The van der Waals surface area contributed by atoms with Crippen LogP contribution in [0.2, 0.25) is 0 Å². The molecule has 0 aromatic carbocycles. The van der Waals surface area contributed by atoms with E-state index in [4.69, 9.17) is 14.6 Å². The van der Waals surface area contributed by atoms with Crippen LogP contribution in [0.4, 0.5) is 13.2 Å². The topological polar surface area (TPSA) is 92.3 Å².